The normalized spacial score (nSPS) is 11.5. The van der Waals surface area contributed by atoms with E-state index in [4.69, 9.17) is 10.5 Å². The number of thioether (sulfide) groups is 1. The summed E-state index contributed by atoms with van der Waals surface area (Å²) in [5.74, 6) is 0.476. The molecule has 0 unspecified atom stereocenters. The molecule has 17 heavy (non-hydrogen) atoms. The maximum atomic E-state index is 11.8. The summed E-state index contributed by atoms with van der Waals surface area (Å²) in [6.45, 7) is 0.573. The third-order valence-electron chi connectivity index (χ3n) is 1.95. The third-order valence-corrected chi connectivity index (χ3v) is 2.65. The number of nitrogens with two attached hydrogens (primary N) is 1. The Morgan fingerprint density at radius 2 is 2.06 bits per heavy atom. The minimum atomic E-state index is -4.19. The van der Waals surface area contributed by atoms with Crippen LogP contribution in [0.4, 0.5) is 13.2 Å². The highest BCUT2D eigenvalue weighted by molar-refractivity contribution is 8.00. The summed E-state index contributed by atoms with van der Waals surface area (Å²) in [6.07, 6.45) is 0.731. The van der Waals surface area contributed by atoms with Crippen LogP contribution in [0.5, 0.6) is 5.75 Å². The van der Waals surface area contributed by atoms with E-state index in [1.165, 1.54) is 0 Å². The highest BCUT2D eigenvalue weighted by Gasteiger charge is 2.27. The number of ether oxygens (including phenoxy) is 1. The summed E-state index contributed by atoms with van der Waals surface area (Å²) in [7, 11) is 0. The largest absolute Gasteiger partial charge is 0.493 e. The summed E-state index contributed by atoms with van der Waals surface area (Å²) < 4.78 is 40.7. The summed E-state index contributed by atoms with van der Waals surface area (Å²) in [5, 5.41) is 0. The van der Waals surface area contributed by atoms with Gasteiger partial charge in [-0.05, 0) is 42.4 Å². The van der Waals surface area contributed by atoms with Gasteiger partial charge in [-0.3, -0.25) is 0 Å². The van der Waals surface area contributed by atoms with Gasteiger partial charge in [0.25, 0.3) is 0 Å². The van der Waals surface area contributed by atoms with Crippen molar-refractivity contribution in [3.8, 4) is 5.75 Å². The molecule has 2 N–H and O–H groups in total. The Morgan fingerprint density at radius 1 is 1.29 bits per heavy atom. The predicted molar refractivity (Wildman–Crippen MR) is 63.2 cm³/mol. The third kappa shape index (κ3) is 6.43. The standard InChI is InChI=1S/C11H14F3NOS/c12-11(13,14)17-7-6-16-10-3-1-2-9(8-10)4-5-15/h1-3,8H,4-7,15H2. The van der Waals surface area contributed by atoms with Crippen LogP contribution in [0, 0.1) is 0 Å². The molecule has 0 bridgehead atoms. The van der Waals surface area contributed by atoms with E-state index in [-0.39, 0.29) is 24.1 Å². The molecule has 0 aliphatic carbocycles. The van der Waals surface area contributed by atoms with E-state index in [2.05, 4.69) is 0 Å². The zero-order chi connectivity index (χ0) is 12.7. The molecule has 0 aliphatic heterocycles. The van der Waals surface area contributed by atoms with Crippen LogP contribution < -0.4 is 10.5 Å². The molecular weight excluding hydrogens is 251 g/mol. The molecule has 0 aliphatic rings. The molecule has 0 atom stereocenters. The maximum Gasteiger partial charge on any atom is 0.441 e. The van der Waals surface area contributed by atoms with E-state index >= 15 is 0 Å². The lowest BCUT2D eigenvalue weighted by atomic mass is 10.1. The summed E-state index contributed by atoms with van der Waals surface area (Å²) in [6, 6.07) is 7.23. The van der Waals surface area contributed by atoms with E-state index < -0.39 is 5.51 Å². The van der Waals surface area contributed by atoms with Crippen molar-refractivity contribution in [3.05, 3.63) is 29.8 Å². The molecule has 0 radical (unpaired) electrons. The van der Waals surface area contributed by atoms with Crippen molar-refractivity contribution < 1.29 is 17.9 Å². The Hall–Kier alpha value is -0.880. The van der Waals surface area contributed by atoms with Gasteiger partial charge in [0, 0.05) is 5.75 Å². The van der Waals surface area contributed by atoms with Gasteiger partial charge < -0.3 is 10.5 Å². The van der Waals surface area contributed by atoms with Crippen LogP contribution in [-0.2, 0) is 6.42 Å². The molecule has 0 fully saturated rings. The Labute approximate surface area is 102 Å². The van der Waals surface area contributed by atoms with Crippen molar-refractivity contribution in [1.82, 2.24) is 0 Å². The number of halogens is 3. The van der Waals surface area contributed by atoms with Crippen LogP contribution in [0.15, 0.2) is 24.3 Å². The molecule has 1 aromatic carbocycles. The molecule has 0 spiro atoms. The zero-order valence-electron chi connectivity index (χ0n) is 9.17. The molecule has 0 aromatic heterocycles. The first-order valence-corrected chi connectivity index (χ1v) is 6.12. The van der Waals surface area contributed by atoms with Crippen molar-refractivity contribution in [3.63, 3.8) is 0 Å². The van der Waals surface area contributed by atoms with Crippen LogP contribution in [0.3, 0.4) is 0 Å². The highest BCUT2D eigenvalue weighted by atomic mass is 32.2. The van der Waals surface area contributed by atoms with Gasteiger partial charge in [0.15, 0.2) is 0 Å². The number of alkyl halides is 3. The lowest BCUT2D eigenvalue weighted by Gasteiger charge is -2.08. The van der Waals surface area contributed by atoms with E-state index in [9.17, 15) is 13.2 Å². The van der Waals surface area contributed by atoms with Gasteiger partial charge >= 0.3 is 5.51 Å². The lowest BCUT2D eigenvalue weighted by molar-refractivity contribution is -0.0329. The Kier molecular flexibility index (Phi) is 5.64. The van der Waals surface area contributed by atoms with Gasteiger partial charge in [-0.1, -0.05) is 12.1 Å². The second-order valence-electron chi connectivity index (χ2n) is 3.33. The second-order valence-corrected chi connectivity index (χ2v) is 4.49. The van der Waals surface area contributed by atoms with Gasteiger partial charge in [-0.2, -0.15) is 13.2 Å². The van der Waals surface area contributed by atoms with Gasteiger partial charge in [0.1, 0.15) is 5.75 Å². The summed E-state index contributed by atoms with van der Waals surface area (Å²) >= 11 is -0.0777. The minimum Gasteiger partial charge on any atom is -0.493 e. The lowest BCUT2D eigenvalue weighted by Crippen LogP contribution is -2.08. The topological polar surface area (TPSA) is 35.2 Å². The highest BCUT2D eigenvalue weighted by Crippen LogP contribution is 2.29. The van der Waals surface area contributed by atoms with E-state index in [0.29, 0.717) is 12.3 Å². The molecule has 0 amide bonds. The number of benzene rings is 1. The Morgan fingerprint density at radius 3 is 2.71 bits per heavy atom. The zero-order valence-corrected chi connectivity index (χ0v) is 9.98. The number of hydrogen-bond acceptors (Lipinski definition) is 3. The molecular formula is C11H14F3NOS. The average molecular weight is 265 g/mol. The monoisotopic (exact) mass is 265 g/mol. The van der Waals surface area contributed by atoms with Crippen molar-refractivity contribution >= 4 is 11.8 Å². The van der Waals surface area contributed by atoms with Gasteiger partial charge in [0.05, 0.1) is 6.61 Å². The Balaban J connectivity index is 2.34. The second kappa shape index (κ2) is 6.76. The Bertz CT molecular complexity index is 344. The molecule has 6 heteroatoms. The molecule has 96 valence electrons. The first-order chi connectivity index (χ1) is 8.01. The van der Waals surface area contributed by atoms with Crippen LogP contribution in [0.25, 0.3) is 0 Å². The molecule has 2 nitrogen and oxygen atoms in total. The fourth-order valence-electron chi connectivity index (χ4n) is 1.27. The number of rotatable bonds is 6. The molecule has 0 saturated carbocycles. The molecule has 0 heterocycles. The fourth-order valence-corrected chi connectivity index (χ4v) is 1.67. The average Bonchev–Trinajstić information content (AvgIpc) is 2.24. The first kappa shape index (κ1) is 14.2. The van der Waals surface area contributed by atoms with Crippen molar-refractivity contribution in [2.24, 2.45) is 5.73 Å². The van der Waals surface area contributed by atoms with Gasteiger partial charge in [-0.25, -0.2) is 0 Å². The van der Waals surface area contributed by atoms with Crippen LogP contribution in [-0.4, -0.2) is 24.4 Å². The molecule has 0 saturated heterocycles. The SMILES string of the molecule is NCCc1cccc(OCCSC(F)(F)F)c1. The summed E-state index contributed by atoms with van der Waals surface area (Å²) in [5.41, 5.74) is 2.24. The number of hydrogen-bond donors (Lipinski definition) is 1. The quantitative estimate of drug-likeness (QED) is 0.803. The predicted octanol–water partition coefficient (Wildman–Crippen LogP) is 2.82. The van der Waals surface area contributed by atoms with E-state index in [1.54, 1.807) is 18.2 Å². The smallest absolute Gasteiger partial charge is 0.441 e. The van der Waals surface area contributed by atoms with Crippen molar-refractivity contribution in [2.45, 2.75) is 11.9 Å². The van der Waals surface area contributed by atoms with Crippen molar-refractivity contribution in [1.29, 1.82) is 0 Å². The molecule has 1 aromatic rings. The fraction of sp³-hybridized carbons (Fsp3) is 0.455. The van der Waals surface area contributed by atoms with E-state index in [0.717, 1.165) is 12.0 Å². The van der Waals surface area contributed by atoms with Gasteiger partial charge in [0.2, 0.25) is 0 Å². The van der Waals surface area contributed by atoms with Crippen LogP contribution in [0.1, 0.15) is 5.56 Å². The van der Waals surface area contributed by atoms with Gasteiger partial charge in [-0.15, -0.1) is 0 Å². The minimum absolute atomic E-state index is 0.0380. The molecule has 1 rings (SSSR count). The van der Waals surface area contributed by atoms with Crippen LogP contribution in [0.2, 0.25) is 0 Å². The summed E-state index contributed by atoms with van der Waals surface area (Å²) in [4.78, 5) is 0. The van der Waals surface area contributed by atoms with Crippen LogP contribution >= 0.6 is 11.8 Å². The first-order valence-electron chi connectivity index (χ1n) is 5.14. The van der Waals surface area contributed by atoms with Crippen molar-refractivity contribution in [2.75, 3.05) is 18.9 Å². The maximum absolute atomic E-state index is 11.8. The van der Waals surface area contributed by atoms with E-state index in [1.807, 2.05) is 6.07 Å².